The van der Waals surface area contributed by atoms with Gasteiger partial charge in [0.05, 0.1) is 18.8 Å². The van der Waals surface area contributed by atoms with E-state index in [1.165, 1.54) is 25.7 Å². The summed E-state index contributed by atoms with van der Waals surface area (Å²) in [4.78, 5) is 15.2. The minimum absolute atomic E-state index is 0.0276. The van der Waals surface area contributed by atoms with Crippen molar-refractivity contribution in [3.8, 4) is 0 Å². The summed E-state index contributed by atoms with van der Waals surface area (Å²) in [6, 6.07) is 20.0. The second kappa shape index (κ2) is 11.5. The van der Waals surface area contributed by atoms with Gasteiger partial charge in [0.1, 0.15) is 6.10 Å². The molecule has 34 heavy (non-hydrogen) atoms. The molecule has 0 aliphatic carbocycles. The van der Waals surface area contributed by atoms with Crippen LogP contribution in [0.15, 0.2) is 60.7 Å². The van der Waals surface area contributed by atoms with Gasteiger partial charge in [0, 0.05) is 6.54 Å². The van der Waals surface area contributed by atoms with Crippen LogP contribution in [0, 0.1) is 0 Å². The fourth-order valence-corrected chi connectivity index (χ4v) is 5.11. The number of hydrogen-bond acceptors (Lipinski definition) is 4. The normalized spacial score (nSPS) is 26.0. The summed E-state index contributed by atoms with van der Waals surface area (Å²) >= 11 is 0. The first-order chi connectivity index (χ1) is 16.5. The summed E-state index contributed by atoms with van der Waals surface area (Å²) in [7, 11) is 0. The summed E-state index contributed by atoms with van der Waals surface area (Å²) in [5, 5.41) is 0. The topological polar surface area (TPSA) is 48.0 Å². The predicted molar refractivity (Wildman–Crippen MR) is 133 cm³/mol. The maximum Gasteiger partial charge on any atom is 0.254 e. The van der Waals surface area contributed by atoms with Gasteiger partial charge in [0.2, 0.25) is 0 Å². The Morgan fingerprint density at radius 2 is 1.53 bits per heavy atom. The van der Waals surface area contributed by atoms with Gasteiger partial charge in [-0.25, -0.2) is 0 Å². The van der Waals surface area contributed by atoms with Crippen molar-refractivity contribution in [1.82, 2.24) is 4.90 Å². The smallest absolute Gasteiger partial charge is 0.254 e. The summed E-state index contributed by atoms with van der Waals surface area (Å²) < 4.78 is 19.0. The number of carbonyl (C=O) groups is 1. The van der Waals surface area contributed by atoms with Crippen LogP contribution in [0.1, 0.15) is 70.4 Å². The van der Waals surface area contributed by atoms with Gasteiger partial charge in [-0.3, -0.25) is 4.79 Å². The third-order valence-electron chi connectivity index (χ3n) is 6.81. The maximum absolute atomic E-state index is 13.3. The van der Waals surface area contributed by atoms with E-state index in [4.69, 9.17) is 14.2 Å². The molecule has 0 spiro atoms. The molecule has 2 aromatic carbocycles. The van der Waals surface area contributed by atoms with E-state index in [1.54, 1.807) is 0 Å². The standard InChI is InChI=1S/C29H39NO4/c1-4-5-6-7-14-19-24-26(34-29(2,3)33-24)25-27(32-21-23-17-12-9-13-18-23)28(31)30(25)20-22-15-10-8-11-16-22/h8-13,15-18,24-27H,4-7,14,19-21H2,1-3H3/t24-,25-,26+,27+/m0/s1. The molecule has 4 atom stereocenters. The highest BCUT2D eigenvalue weighted by molar-refractivity contribution is 5.88. The van der Waals surface area contributed by atoms with Gasteiger partial charge in [0.15, 0.2) is 11.9 Å². The number of nitrogens with zero attached hydrogens (tertiary/aromatic N) is 1. The highest BCUT2D eigenvalue weighted by atomic mass is 16.8. The average Bonchev–Trinajstić information content (AvgIpc) is 3.14. The first kappa shape index (κ1) is 24.9. The molecule has 0 saturated carbocycles. The van der Waals surface area contributed by atoms with E-state index < -0.39 is 11.9 Å². The van der Waals surface area contributed by atoms with E-state index in [1.807, 2.05) is 67.3 Å². The molecule has 0 N–H and O–H groups in total. The second-order valence-electron chi connectivity index (χ2n) is 10.0. The molecule has 2 aromatic rings. The number of benzene rings is 2. The van der Waals surface area contributed by atoms with E-state index in [-0.39, 0.29) is 24.2 Å². The molecule has 0 aromatic heterocycles. The molecule has 2 fully saturated rings. The second-order valence-corrected chi connectivity index (χ2v) is 10.0. The molecular formula is C29H39NO4. The van der Waals surface area contributed by atoms with Gasteiger partial charge in [-0.1, -0.05) is 99.7 Å². The monoisotopic (exact) mass is 465 g/mol. The Morgan fingerprint density at radius 1 is 0.882 bits per heavy atom. The van der Waals surface area contributed by atoms with Crippen LogP contribution < -0.4 is 0 Å². The van der Waals surface area contributed by atoms with Crippen molar-refractivity contribution < 1.29 is 19.0 Å². The number of likely N-dealkylation sites (tertiary alicyclic amines) is 1. The molecule has 184 valence electrons. The van der Waals surface area contributed by atoms with Crippen LogP contribution in [0.25, 0.3) is 0 Å². The van der Waals surface area contributed by atoms with Crippen molar-refractivity contribution >= 4 is 5.91 Å². The SMILES string of the molecule is CCCCCCC[C@@H]1OC(C)(C)O[C@H]1[C@H]1[C@@H](OCc2ccccc2)C(=O)N1Cc1ccccc1. The molecule has 5 nitrogen and oxygen atoms in total. The van der Waals surface area contributed by atoms with Crippen LogP contribution in [0.4, 0.5) is 0 Å². The number of ether oxygens (including phenoxy) is 3. The van der Waals surface area contributed by atoms with Gasteiger partial charge in [0.25, 0.3) is 5.91 Å². The summed E-state index contributed by atoms with van der Waals surface area (Å²) in [6.45, 7) is 7.14. The predicted octanol–water partition coefficient (Wildman–Crippen LogP) is 5.86. The lowest BCUT2D eigenvalue weighted by atomic mass is 9.87. The highest BCUT2D eigenvalue weighted by Gasteiger charge is 2.58. The lowest BCUT2D eigenvalue weighted by Gasteiger charge is -2.49. The zero-order valence-electron chi connectivity index (χ0n) is 20.8. The summed E-state index contributed by atoms with van der Waals surface area (Å²) in [5.41, 5.74) is 2.17. The molecule has 4 rings (SSSR count). The lowest BCUT2D eigenvalue weighted by molar-refractivity contribution is -0.199. The summed E-state index contributed by atoms with van der Waals surface area (Å²) in [5.74, 6) is -0.639. The zero-order valence-corrected chi connectivity index (χ0v) is 20.8. The Hall–Kier alpha value is -2.21. The third-order valence-corrected chi connectivity index (χ3v) is 6.81. The molecule has 2 heterocycles. The van der Waals surface area contributed by atoms with Gasteiger partial charge in [-0.05, 0) is 31.4 Å². The molecule has 2 saturated heterocycles. The number of amides is 1. The van der Waals surface area contributed by atoms with E-state index in [2.05, 4.69) is 19.1 Å². The van der Waals surface area contributed by atoms with Crippen LogP contribution in [-0.2, 0) is 32.2 Å². The van der Waals surface area contributed by atoms with E-state index in [9.17, 15) is 4.79 Å². The number of hydrogen-bond donors (Lipinski definition) is 0. The Morgan fingerprint density at radius 3 is 2.21 bits per heavy atom. The lowest BCUT2D eigenvalue weighted by Crippen LogP contribution is -2.70. The zero-order chi connectivity index (χ0) is 24.0. The Balaban J connectivity index is 1.49. The molecule has 1 amide bonds. The minimum Gasteiger partial charge on any atom is -0.361 e. The van der Waals surface area contributed by atoms with Gasteiger partial charge in [-0.2, -0.15) is 0 Å². The Bertz CT molecular complexity index is 901. The maximum atomic E-state index is 13.3. The van der Waals surface area contributed by atoms with Crippen LogP contribution in [0.2, 0.25) is 0 Å². The number of unbranched alkanes of at least 4 members (excludes halogenated alkanes) is 4. The van der Waals surface area contributed by atoms with E-state index in [0.29, 0.717) is 13.2 Å². The summed E-state index contributed by atoms with van der Waals surface area (Å²) in [6.07, 6.45) is 6.23. The van der Waals surface area contributed by atoms with Gasteiger partial charge in [-0.15, -0.1) is 0 Å². The Labute approximate surface area is 204 Å². The largest absolute Gasteiger partial charge is 0.361 e. The van der Waals surface area contributed by atoms with Crippen molar-refractivity contribution in [3.05, 3.63) is 71.8 Å². The molecule has 0 bridgehead atoms. The van der Waals surface area contributed by atoms with Gasteiger partial charge < -0.3 is 19.1 Å². The average molecular weight is 466 g/mol. The molecule has 0 radical (unpaired) electrons. The Kier molecular flexibility index (Phi) is 8.41. The van der Waals surface area contributed by atoms with Crippen molar-refractivity contribution in [1.29, 1.82) is 0 Å². The van der Waals surface area contributed by atoms with Crippen molar-refractivity contribution in [3.63, 3.8) is 0 Å². The molecular weight excluding hydrogens is 426 g/mol. The first-order valence-corrected chi connectivity index (χ1v) is 12.8. The minimum atomic E-state index is -0.667. The van der Waals surface area contributed by atoms with E-state index in [0.717, 1.165) is 24.0 Å². The molecule has 2 aliphatic rings. The van der Waals surface area contributed by atoms with Crippen LogP contribution in [-0.4, -0.2) is 40.9 Å². The molecule has 0 unspecified atom stereocenters. The van der Waals surface area contributed by atoms with Crippen LogP contribution in [0.3, 0.4) is 0 Å². The quantitative estimate of drug-likeness (QED) is 0.291. The highest BCUT2D eigenvalue weighted by Crippen LogP contribution is 2.40. The van der Waals surface area contributed by atoms with Crippen LogP contribution >= 0.6 is 0 Å². The molecule has 5 heteroatoms. The number of β-lactam (4-membered cyclic amide) rings is 1. The molecule has 2 aliphatic heterocycles. The number of carbonyl (C=O) groups excluding carboxylic acids is 1. The fraction of sp³-hybridized carbons (Fsp3) is 0.552. The fourth-order valence-electron chi connectivity index (χ4n) is 5.11. The van der Waals surface area contributed by atoms with Gasteiger partial charge >= 0.3 is 0 Å². The number of rotatable bonds is 12. The van der Waals surface area contributed by atoms with E-state index >= 15 is 0 Å². The third kappa shape index (κ3) is 6.07. The van der Waals surface area contributed by atoms with Crippen molar-refractivity contribution in [2.75, 3.05) is 0 Å². The van der Waals surface area contributed by atoms with Crippen LogP contribution in [0.5, 0.6) is 0 Å². The first-order valence-electron chi connectivity index (χ1n) is 12.8. The van der Waals surface area contributed by atoms with Crippen molar-refractivity contribution in [2.45, 2.75) is 103 Å². The van der Waals surface area contributed by atoms with Crippen molar-refractivity contribution in [2.24, 2.45) is 0 Å².